The smallest absolute Gasteiger partial charge is 0.185 e. The minimum absolute atomic E-state index is 0.415. The van der Waals surface area contributed by atoms with Crippen molar-refractivity contribution in [2.45, 2.75) is 45.8 Å². The van der Waals surface area contributed by atoms with Crippen molar-refractivity contribution in [2.75, 3.05) is 31.6 Å². The molecule has 1 aliphatic heterocycles. The van der Waals surface area contributed by atoms with E-state index in [0.29, 0.717) is 6.04 Å². The Morgan fingerprint density at radius 1 is 1.47 bits per heavy atom. The number of hydrogen-bond acceptors (Lipinski definition) is 5. The fraction of sp³-hybridized carbons (Fsp3) is 0.786. The van der Waals surface area contributed by atoms with Gasteiger partial charge in [-0.05, 0) is 33.2 Å². The van der Waals surface area contributed by atoms with Gasteiger partial charge in [0.05, 0.1) is 16.7 Å². The molecule has 0 radical (unpaired) electrons. The summed E-state index contributed by atoms with van der Waals surface area (Å²) in [6, 6.07) is 0.579. The Kier molecular flexibility index (Phi) is 4.81. The zero-order chi connectivity index (χ0) is 14.0. The SMILES string of the molecule is CCN1CCC(N(C)c2nc(C)c(C(C)O)s2)CC1. The van der Waals surface area contributed by atoms with Gasteiger partial charge in [-0.25, -0.2) is 4.98 Å². The number of anilines is 1. The maximum atomic E-state index is 9.72. The lowest BCUT2D eigenvalue weighted by Crippen LogP contribution is -2.43. The summed E-state index contributed by atoms with van der Waals surface area (Å²) in [6.07, 6.45) is 1.99. The highest BCUT2D eigenvalue weighted by Gasteiger charge is 2.24. The lowest BCUT2D eigenvalue weighted by atomic mass is 10.0. The quantitative estimate of drug-likeness (QED) is 0.921. The number of aliphatic hydroxyl groups is 1. The molecule has 1 fully saturated rings. The third-order valence-electron chi connectivity index (χ3n) is 4.05. The van der Waals surface area contributed by atoms with Crippen molar-refractivity contribution in [3.63, 3.8) is 0 Å². The standard InChI is InChI=1S/C14H25N3OS/c1-5-17-8-6-12(7-9-17)16(4)14-15-10(2)13(19-14)11(3)18/h11-12,18H,5-9H2,1-4H3. The van der Waals surface area contributed by atoms with E-state index in [2.05, 4.69) is 28.8 Å². The van der Waals surface area contributed by atoms with Gasteiger partial charge in [0, 0.05) is 26.2 Å². The molecular weight excluding hydrogens is 258 g/mol. The van der Waals surface area contributed by atoms with Gasteiger partial charge in [0.25, 0.3) is 0 Å². The minimum atomic E-state index is -0.415. The van der Waals surface area contributed by atoms with Gasteiger partial charge in [0.15, 0.2) is 5.13 Å². The Labute approximate surface area is 120 Å². The van der Waals surface area contributed by atoms with Gasteiger partial charge in [-0.3, -0.25) is 0 Å². The Morgan fingerprint density at radius 3 is 2.58 bits per heavy atom. The lowest BCUT2D eigenvalue weighted by molar-refractivity contribution is 0.202. The number of nitrogens with zero attached hydrogens (tertiary/aromatic N) is 3. The van der Waals surface area contributed by atoms with E-state index in [4.69, 9.17) is 0 Å². The van der Waals surface area contributed by atoms with Crippen LogP contribution in [0, 0.1) is 6.92 Å². The van der Waals surface area contributed by atoms with Gasteiger partial charge in [0.2, 0.25) is 0 Å². The molecule has 0 amide bonds. The Bertz CT molecular complexity index is 411. The molecule has 0 aromatic carbocycles. The molecule has 1 saturated heterocycles. The third-order valence-corrected chi connectivity index (χ3v) is 5.47. The van der Waals surface area contributed by atoms with Crippen LogP contribution in [-0.2, 0) is 0 Å². The van der Waals surface area contributed by atoms with Gasteiger partial charge in [-0.1, -0.05) is 18.3 Å². The van der Waals surface area contributed by atoms with Crippen molar-refractivity contribution < 1.29 is 5.11 Å². The van der Waals surface area contributed by atoms with Crippen LogP contribution in [0.1, 0.15) is 43.4 Å². The number of rotatable bonds is 4. The maximum absolute atomic E-state index is 9.72. The first-order chi connectivity index (χ1) is 9.02. The second-order valence-corrected chi connectivity index (χ2v) is 6.41. The predicted octanol–water partition coefficient (Wildman–Crippen LogP) is 2.43. The second-order valence-electron chi connectivity index (χ2n) is 5.40. The highest BCUT2D eigenvalue weighted by atomic mass is 32.1. The summed E-state index contributed by atoms with van der Waals surface area (Å²) >= 11 is 1.63. The average Bonchev–Trinajstić information content (AvgIpc) is 2.80. The van der Waals surface area contributed by atoms with Crippen LogP contribution < -0.4 is 4.90 Å². The Morgan fingerprint density at radius 2 is 2.11 bits per heavy atom. The average molecular weight is 283 g/mol. The summed E-state index contributed by atoms with van der Waals surface area (Å²) in [4.78, 5) is 10.4. The van der Waals surface area contributed by atoms with E-state index in [-0.39, 0.29) is 0 Å². The molecule has 1 aromatic rings. The molecule has 2 rings (SSSR count). The topological polar surface area (TPSA) is 39.6 Å². The summed E-state index contributed by atoms with van der Waals surface area (Å²) < 4.78 is 0. The Balaban J connectivity index is 2.04. The van der Waals surface area contributed by atoms with Crippen LogP contribution >= 0.6 is 11.3 Å². The molecule has 0 saturated carbocycles. The first-order valence-electron chi connectivity index (χ1n) is 7.13. The molecule has 1 aliphatic rings. The molecule has 1 unspecified atom stereocenters. The van der Waals surface area contributed by atoms with E-state index >= 15 is 0 Å². The van der Waals surface area contributed by atoms with Crippen molar-refractivity contribution in [3.8, 4) is 0 Å². The van der Waals surface area contributed by atoms with Crippen LogP contribution in [0.2, 0.25) is 0 Å². The third kappa shape index (κ3) is 3.27. The molecular formula is C14H25N3OS. The van der Waals surface area contributed by atoms with Crippen LogP contribution in [0.3, 0.4) is 0 Å². The number of aromatic nitrogens is 1. The van der Waals surface area contributed by atoms with Crippen molar-refractivity contribution in [3.05, 3.63) is 10.6 Å². The minimum Gasteiger partial charge on any atom is -0.388 e. The zero-order valence-corrected chi connectivity index (χ0v) is 13.2. The van der Waals surface area contributed by atoms with Crippen LogP contribution in [0.15, 0.2) is 0 Å². The largest absolute Gasteiger partial charge is 0.388 e. The lowest BCUT2D eigenvalue weighted by Gasteiger charge is -2.36. The van der Waals surface area contributed by atoms with Crippen molar-refractivity contribution in [1.29, 1.82) is 0 Å². The molecule has 5 heteroatoms. The Hall–Kier alpha value is -0.650. The van der Waals surface area contributed by atoms with E-state index in [9.17, 15) is 5.11 Å². The summed E-state index contributed by atoms with van der Waals surface area (Å²) in [5.41, 5.74) is 0.966. The molecule has 19 heavy (non-hydrogen) atoms. The fourth-order valence-electron chi connectivity index (χ4n) is 2.71. The van der Waals surface area contributed by atoms with Crippen molar-refractivity contribution in [1.82, 2.24) is 9.88 Å². The normalized spacial score (nSPS) is 19.6. The molecule has 2 heterocycles. The molecule has 0 spiro atoms. The number of aliphatic hydroxyl groups excluding tert-OH is 1. The highest BCUT2D eigenvalue weighted by molar-refractivity contribution is 7.15. The zero-order valence-electron chi connectivity index (χ0n) is 12.4. The first-order valence-corrected chi connectivity index (χ1v) is 7.95. The number of likely N-dealkylation sites (tertiary alicyclic amines) is 1. The summed E-state index contributed by atoms with van der Waals surface area (Å²) in [6.45, 7) is 9.53. The van der Waals surface area contributed by atoms with Gasteiger partial charge in [-0.2, -0.15) is 0 Å². The van der Waals surface area contributed by atoms with Crippen LogP contribution in [-0.4, -0.2) is 47.7 Å². The van der Waals surface area contributed by atoms with Crippen molar-refractivity contribution in [2.24, 2.45) is 0 Å². The molecule has 1 atom stereocenters. The summed E-state index contributed by atoms with van der Waals surface area (Å²) in [5.74, 6) is 0. The number of hydrogen-bond donors (Lipinski definition) is 1. The molecule has 0 bridgehead atoms. The van der Waals surface area contributed by atoms with E-state index < -0.39 is 6.10 Å². The van der Waals surface area contributed by atoms with Gasteiger partial charge in [-0.15, -0.1) is 0 Å². The molecule has 1 N–H and O–H groups in total. The first kappa shape index (κ1) is 14.8. The predicted molar refractivity (Wildman–Crippen MR) is 81.0 cm³/mol. The molecule has 4 nitrogen and oxygen atoms in total. The maximum Gasteiger partial charge on any atom is 0.185 e. The summed E-state index contributed by atoms with van der Waals surface area (Å²) in [7, 11) is 2.14. The van der Waals surface area contributed by atoms with E-state index in [1.807, 2.05) is 13.8 Å². The fourth-order valence-corrected chi connectivity index (χ4v) is 3.75. The van der Waals surface area contributed by atoms with E-state index in [0.717, 1.165) is 22.2 Å². The highest BCUT2D eigenvalue weighted by Crippen LogP contribution is 2.32. The van der Waals surface area contributed by atoms with Gasteiger partial charge < -0.3 is 14.9 Å². The number of aryl methyl sites for hydroxylation is 1. The van der Waals surface area contributed by atoms with E-state index in [1.165, 1.54) is 25.9 Å². The summed E-state index contributed by atoms with van der Waals surface area (Å²) in [5, 5.41) is 10.8. The van der Waals surface area contributed by atoms with Crippen LogP contribution in [0.25, 0.3) is 0 Å². The molecule has 108 valence electrons. The number of piperidine rings is 1. The van der Waals surface area contributed by atoms with Crippen molar-refractivity contribution >= 4 is 16.5 Å². The molecule has 1 aromatic heterocycles. The van der Waals surface area contributed by atoms with Crippen LogP contribution in [0.4, 0.5) is 5.13 Å². The second kappa shape index (κ2) is 6.20. The van der Waals surface area contributed by atoms with Gasteiger partial charge in [0.1, 0.15) is 0 Å². The molecule has 0 aliphatic carbocycles. The van der Waals surface area contributed by atoms with Crippen LogP contribution in [0.5, 0.6) is 0 Å². The van der Waals surface area contributed by atoms with E-state index in [1.54, 1.807) is 11.3 Å². The number of thiazole rings is 1. The van der Waals surface area contributed by atoms with Gasteiger partial charge >= 0.3 is 0 Å². The monoisotopic (exact) mass is 283 g/mol.